The predicted molar refractivity (Wildman–Crippen MR) is 116 cm³/mol. The van der Waals surface area contributed by atoms with Crippen LogP contribution in [0.1, 0.15) is 31.7 Å². The van der Waals surface area contributed by atoms with E-state index < -0.39 is 23.6 Å². The van der Waals surface area contributed by atoms with Gasteiger partial charge in [-0.15, -0.1) is 0 Å². The van der Waals surface area contributed by atoms with E-state index in [0.717, 1.165) is 12.1 Å². The van der Waals surface area contributed by atoms with E-state index >= 15 is 0 Å². The van der Waals surface area contributed by atoms with Crippen LogP contribution in [-0.4, -0.2) is 36.5 Å². The molecule has 9 heteroatoms. The van der Waals surface area contributed by atoms with E-state index in [0.29, 0.717) is 38.1 Å². The molecule has 1 heterocycles. The number of urea groups is 1. The van der Waals surface area contributed by atoms with Gasteiger partial charge in [0, 0.05) is 18.8 Å². The van der Waals surface area contributed by atoms with Gasteiger partial charge in [-0.25, -0.2) is 4.79 Å². The van der Waals surface area contributed by atoms with E-state index in [4.69, 9.17) is 4.74 Å². The molecule has 1 atom stereocenters. The van der Waals surface area contributed by atoms with Crippen molar-refractivity contribution in [1.82, 2.24) is 4.90 Å². The summed E-state index contributed by atoms with van der Waals surface area (Å²) in [6, 6.07) is 11.7. The Morgan fingerprint density at radius 3 is 2.56 bits per heavy atom. The Kier molecular flexibility index (Phi) is 7.61. The molecule has 0 aromatic heterocycles. The molecule has 2 N–H and O–H groups in total. The molecule has 6 nitrogen and oxygen atoms in total. The predicted octanol–water partition coefficient (Wildman–Crippen LogP) is 5.38. The molecule has 1 unspecified atom stereocenters. The molecule has 2 aromatic carbocycles. The Morgan fingerprint density at radius 2 is 1.88 bits per heavy atom. The lowest BCUT2D eigenvalue weighted by atomic mass is 9.97. The van der Waals surface area contributed by atoms with Gasteiger partial charge in [0.25, 0.3) is 0 Å². The Morgan fingerprint density at radius 1 is 1.12 bits per heavy atom. The van der Waals surface area contributed by atoms with E-state index in [2.05, 4.69) is 10.6 Å². The maximum absolute atomic E-state index is 13.2. The monoisotopic (exact) mass is 449 g/mol. The van der Waals surface area contributed by atoms with Gasteiger partial charge in [-0.05, 0) is 49.6 Å². The van der Waals surface area contributed by atoms with E-state index in [1.165, 1.54) is 6.07 Å². The molecule has 0 saturated carbocycles. The van der Waals surface area contributed by atoms with E-state index in [1.54, 1.807) is 29.2 Å². The molecular weight excluding hydrogens is 423 g/mol. The normalized spacial score (nSPS) is 16.4. The van der Waals surface area contributed by atoms with E-state index in [1.807, 2.05) is 13.0 Å². The number of rotatable bonds is 6. The fraction of sp³-hybridized carbons (Fsp3) is 0.391. The SMILES string of the molecule is CCCOc1ccc(C(F)(F)F)cc1NC(=O)C1CCCN(C(=O)Nc2ccccc2)C1. The summed E-state index contributed by atoms with van der Waals surface area (Å²) in [7, 11) is 0. The second kappa shape index (κ2) is 10.4. The van der Waals surface area contributed by atoms with Crippen molar-refractivity contribution in [2.24, 2.45) is 5.92 Å². The van der Waals surface area contributed by atoms with E-state index in [-0.39, 0.29) is 24.0 Å². The third kappa shape index (κ3) is 6.15. The summed E-state index contributed by atoms with van der Waals surface area (Å²) in [6.45, 7) is 2.86. The van der Waals surface area contributed by atoms with Crippen LogP contribution in [0, 0.1) is 5.92 Å². The number of anilines is 2. The highest BCUT2D eigenvalue weighted by atomic mass is 19.4. The number of benzene rings is 2. The highest BCUT2D eigenvalue weighted by molar-refractivity contribution is 5.95. The highest BCUT2D eigenvalue weighted by Crippen LogP contribution is 2.35. The number of piperidine rings is 1. The van der Waals surface area contributed by atoms with Gasteiger partial charge in [0.15, 0.2) is 0 Å². The molecular formula is C23H26F3N3O3. The van der Waals surface area contributed by atoms with Crippen LogP contribution < -0.4 is 15.4 Å². The van der Waals surface area contributed by atoms with Gasteiger partial charge in [-0.1, -0.05) is 25.1 Å². The molecule has 0 radical (unpaired) electrons. The number of nitrogens with zero attached hydrogens (tertiary/aromatic N) is 1. The van der Waals surface area contributed by atoms with Crippen LogP contribution in [0.5, 0.6) is 5.75 Å². The van der Waals surface area contributed by atoms with Crippen LogP contribution in [0.2, 0.25) is 0 Å². The van der Waals surface area contributed by atoms with Crippen molar-refractivity contribution in [2.45, 2.75) is 32.4 Å². The third-order valence-electron chi connectivity index (χ3n) is 5.13. The molecule has 2 aromatic rings. The Hall–Kier alpha value is -3.23. The first-order valence-corrected chi connectivity index (χ1v) is 10.5. The Labute approximate surface area is 184 Å². The number of para-hydroxylation sites is 1. The first-order chi connectivity index (χ1) is 15.3. The molecule has 0 aliphatic carbocycles. The summed E-state index contributed by atoms with van der Waals surface area (Å²) in [4.78, 5) is 27.0. The van der Waals surface area contributed by atoms with Gasteiger partial charge in [0.1, 0.15) is 5.75 Å². The van der Waals surface area contributed by atoms with Gasteiger partial charge in [-0.2, -0.15) is 13.2 Å². The number of hydrogen-bond acceptors (Lipinski definition) is 3. The van der Waals surface area contributed by atoms with Crippen LogP contribution in [-0.2, 0) is 11.0 Å². The number of halogens is 3. The average Bonchev–Trinajstić information content (AvgIpc) is 2.78. The number of hydrogen-bond donors (Lipinski definition) is 2. The number of carbonyl (C=O) groups excluding carboxylic acids is 2. The molecule has 0 bridgehead atoms. The van der Waals surface area contributed by atoms with Crippen LogP contribution in [0.25, 0.3) is 0 Å². The number of nitrogens with one attached hydrogen (secondary N) is 2. The number of alkyl halides is 3. The summed E-state index contributed by atoms with van der Waals surface area (Å²) >= 11 is 0. The number of ether oxygens (including phenoxy) is 1. The summed E-state index contributed by atoms with van der Waals surface area (Å²) in [5.74, 6) is -0.801. The largest absolute Gasteiger partial charge is 0.491 e. The molecule has 1 aliphatic heterocycles. The van der Waals surface area contributed by atoms with Crippen molar-refractivity contribution in [3.05, 3.63) is 54.1 Å². The van der Waals surface area contributed by atoms with Crippen molar-refractivity contribution in [1.29, 1.82) is 0 Å². The minimum absolute atomic E-state index is 0.0239. The number of carbonyl (C=O) groups is 2. The molecule has 1 saturated heterocycles. The lowest BCUT2D eigenvalue weighted by molar-refractivity contribution is -0.137. The first-order valence-electron chi connectivity index (χ1n) is 10.5. The zero-order valence-corrected chi connectivity index (χ0v) is 17.7. The van der Waals surface area contributed by atoms with Gasteiger partial charge < -0.3 is 20.3 Å². The van der Waals surface area contributed by atoms with E-state index in [9.17, 15) is 22.8 Å². The molecule has 1 aliphatic rings. The fourth-order valence-electron chi connectivity index (χ4n) is 3.48. The molecule has 1 fully saturated rings. The maximum atomic E-state index is 13.2. The van der Waals surface area contributed by atoms with Crippen molar-refractivity contribution >= 4 is 23.3 Å². The summed E-state index contributed by atoms with van der Waals surface area (Å²) in [5, 5.41) is 5.38. The standard InChI is InChI=1S/C23H26F3N3O3/c1-2-13-32-20-11-10-17(23(24,25)26)14-19(20)28-21(30)16-7-6-12-29(15-16)22(31)27-18-8-4-3-5-9-18/h3-5,8-11,14,16H,2,6-7,12-13,15H2,1H3,(H,27,31)(H,28,30). The van der Waals surface area contributed by atoms with Crippen molar-refractivity contribution in [3.63, 3.8) is 0 Å². The Balaban J connectivity index is 1.69. The molecule has 32 heavy (non-hydrogen) atoms. The second-order valence-corrected chi connectivity index (χ2v) is 7.63. The highest BCUT2D eigenvalue weighted by Gasteiger charge is 2.33. The van der Waals surface area contributed by atoms with Gasteiger partial charge in [0.05, 0.1) is 23.8 Å². The van der Waals surface area contributed by atoms with Crippen molar-refractivity contribution in [2.75, 3.05) is 30.3 Å². The van der Waals surface area contributed by atoms with Crippen molar-refractivity contribution < 1.29 is 27.5 Å². The van der Waals surface area contributed by atoms with Gasteiger partial charge in [-0.3, -0.25) is 4.79 Å². The van der Waals surface area contributed by atoms with Crippen LogP contribution in [0.4, 0.5) is 29.3 Å². The fourth-order valence-corrected chi connectivity index (χ4v) is 3.48. The first kappa shape index (κ1) is 23.4. The lowest BCUT2D eigenvalue weighted by Gasteiger charge is -2.32. The second-order valence-electron chi connectivity index (χ2n) is 7.63. The summed E-state index contributed by atoms with van der Waals surface area (Å²) in [6.07, 6.45) is -2.73. The lowest BCUT2D eigenvalue weighted by Crippen LogP contribution is -2.45. The number of likely N-dealkylation sites (tertiary alicyclic amines) is 1. The molecule has 3 rings (SSSR count). The smallest absolute Gasteiger partial charge is 0.416 e. The number of amides is 3. The van der Waals surface area contributed by atoms with Gasteiger partial charge in [0.2, 0.25) is 5.91 Å². The topological polar surface area (TPSA) is 70.7 Å². The van der Waals surface area contributed by atoms with Crippen LogP contribution >= 0.6 is 0 Å². The molecule has 3 amide bonds. The molecule has 0 spiro atoms. The zero-order valence-electron chi connectivity index (χ0n) is 17.7. The minimum Gasteiger partial charge on any atom is -0.491 e. The molecule has 172 valence electrons. The Bertz CT molecular complexity index is 935. The third-order valence-corrected chi connectivity index (χ3v) is 5.13. The van der Waals surface area contributed by atoms with Crippen molar-refractivity contribution in [3.8, 4) is 5.75 Å². The van der Waals surface area contributed by atoms with Crippen LogP contribution in [0.15, 0.2) is 48.5 Å². The van der Waals surface area contributed by atoms with Crippen LogP contribution in [0.3, 0.4) is 0 Å². The summed E-state index contributed by atoms with van der Waals surface area (Å²) in [5.41, 5.74) is -0.251. The quantitative estimate of drug-likeness (QED) is 0.622. The van der Waals surface area contributed by atoms with Gasteiger partial charge >= 0.3 is 12.2 Å². The average molecular weight is 449 g/mol. The zero-order chi connectivity index (χ0) is 23.1. The minimum atomic E-state index is -4.54. The maximum Gasteiger partial charge on any atom is 0.416 e. The summed E-state index contributed by atoms with van der Waals surface area (Å²) < 4.78 is 45.0.